The first-order chi connectivity index (χ1) is 17.0. The van der Waals surface area contributed by atoms with Gasteiger partial charge in [-0.05, 0) is 30.4 Å². The lowest BCUT2D eigenvalue weighted by atomic mass is 10.0. The van der Waals surface area contributed by atoms with E-state index in [4.69, 9.17) is 10.8 Å². The van der Waals surface area contributed by atoms with Gasteiger partial charge in [-0.3, -0.25) is 19.2 Å². The van der Waals surface area contributed by atoms with Crippen LogP contribution in [0.5, 0.6) is 0 Å². The number of benzene rings is 1. The number of carbonyl (C=O) groups excluding carboxylic acids is 3. The molecule has 8 N–H and O–H groups in total. The van der Waals surface area contributed by atoms with Crippen LogP contribution in [0, 0.1) is 5.92 Å². The van der Waals surface area contributed by atoms with Gasteiger partial charge >= 0.3 is 11.9 Å². The first-order valence-electron chi connectivity index (χ1n) is 11.6. The van der Waals surface area contributed by atoms with Crippen molar-refractivity contribution < 1.29 is 34.2 Å². The van der Waals surface area contributed by atoms with E-state index in [9.17, 15) is 29.1 Å². The second kappa shape index (κ2) is 13.2. The van der Waals surface area contributed by atoms with Crippen molar-refractivity contribution >= 4 is 40.6 Å². The number of carboxylic acid groups (broad SMARTS) is 2. The van der Waals surface area contributed by atoms with Gasteiger partial charge in [0, 0.05) is 29.9 Å². The van der Waals surface area contributed by atoms with Gasteiger partial charge in [0.1, 0.15) is 18.1 Å². The maximum atomic E-state index is 13.2. The maximum Gasteiger partial charge on any atom is 0.326 e. The Morgan fingerprint density at radius 3 is 2.19 bits per heavy atom. The number of carboxylic acids is 2. The molecule has 0 radical (unpaired) electrons. The molecule has 1 aromatic carbocycles. The predicted octanol–water partition coefficient (Wildman–Crippen LogP) is 0.119. The molecule has 1 heterocycles. The van der Waals surface area contributed by atoms with Crippen LogP contribution in [-0.4, -0.2) is 69.5 Å². The summed E-state index contributed by atoms with van der Waals surface area (Å²) in [6.45, 7) is 3.42. The Balaban J connectivity index is 2.31. The second-order valence-corrected chi connectivity index (χ2v) is 8.91. The van der Waals surface area contributed by atoms with Crippen molar-refractivity contribution in [2.45, 2.75) is 57.7 Å². The summed E-state index contributed by atoms with van der Waals surface area (Å²) in [6.07, 6.45) is 1.21. The third kappa shape index (κ3) is 8.38. The highest BCUT2D eigenvalue weighted by molar-refractivity contribution is 5.94. The van der Waals surface area contributed by atoms with E-state index in [-0.39, 0.29) is 31.7 Å². The lowest BCUT2D eigenvalue weighted by Crippen LogP contribution is -2.57. The van der Waals surface area contributed by atoms with Crippen LogP contribution in [0.1, 0.15) is 38.7 Å². The van der Waals surface area contributed by atoms with Gasteiger partial charge < -0.3 is 36.9 Å². The molecule has 0 aliphatic rings. The zero-order valence-corrected chi connectivity index (χ0v) is 20.2. The predicted molar refractivity (Wildman–Crippen MR) is 131 cm³/mol. The average molecular weight is 504 g/mol. The fraction of sp³-hybridized carbons (Fsp3) is 0.458. The van der Waals surface area contributed by atoms with E-state index in [0.717, 1.165) is 10.9 Å². The van der Waals surface area contributed by atoms with Crippen molar-refractivity contribution in [3.63, 3.8) is 0 Å². The number of nitrogens with two attached hydrogens (primary N) is 1. The number of aliphatic carboxylic acids is 2. The van der Waals surface area contributed by atoms with Crippen molar-refractivity contribution in [1.29, 1.82) is 0 Å². The van der Waals surface area contributed by atoms with Gasteiger partial charge in [-0.1, -0.05) is 32.0 Å². The molecule has 0 aliphatic carbocycles. The Hall–Kier alpha value is -3.93. The summed E-state index contributed by atoms with van der Waals surface area (Å²) < 4.78 is 0. The molecule has 2 aromatic rings. The van der Waals surface area contributed by atoms with Gasteiger partial charge in [0.2, 0.25) is 17.7 Å². The molecule has 0 aliphatic heterocycles. The van der Waals surface area contributed by atoms with E-state index in [2.05, 4.69) is 20.9 Å². The van der Waals surface area contributed by atoms with Crippen LogP contribution < -0.4 is 21.7 Å². The minimum atomic E-state index is -1.46. The molecule has 2 rings (SSSR count). The van der Waals surface area contributed by atoms with Crippen molar-refractivity contribution in [1.82, 2.24) is 20.9 Å². The van der Waals surface area contributed by atoms with Crippen LogP contribution in [0.4, 0.5) is 0 Å². The van der Waals surface area contributed by atoms with E-state index in [1.165, 1.54) is 0 Å². The molecule has 0 saturated carbocycles. The normalized spacial score (nSPS) is 13.6. The first-order valence-corrected chi connectivity index (χ1v) is 11.6. The minimum absolute atomic E-state index is 0.0199. The Bertz CT molecular complexity index is 1100. The fourth-order valence-electron chi connectivity index (χ4n) is 3.76. The SMILES string of the molecule is CC(C)CC(NC(=O)CN)C(=O)NC(Cc1c[nH]c2ccccc12)C(=O)NC(CCC(=O)O)C(=O)O. The smallest absolute Gasteiger partial charge is 0.326 e. The number of nitrogens with one attached hydrogen (secondary N) is 4. The van der Waals surface area contributed by atoms with Crippen LogP contribution in [0.25, 0.3) is 10.9 Å². The Kier molecular flexibility index (Phi) is 10.4. The highest BCUT2D eigenvalue weighted by atomic mass is 16.4. The number of fused-ring (bicyclic) bond motifs is 1. The van der Waals surface area contributed by atoms with Gasteiger partial charge in [0.25, 0.3) is 0 Å². The number of amides is 3. The molecular weight excluding hydrogens is 470 g/mol. The van der Waals surface area contributed by atoms with Crippen LogP contribution in [0.15, 0.2) is 30.5 Å². The third-order valence-corrected chi connectivity index (χ3v) is 5.54. The summed E-state index contributed by atoms with van der Waals surface area (Å²) in [5, 5.41) is 26.7. The zero-order valence-electron chi connectivity index (χ0n) is 20.2. The monoisotopic (exact) mass is 503 g/mol. The molecule has 3 unspecified atom stereocenters. The number of hydrogen-bond acceptors (Lipinski definition) is 6. The summed E-state index contributed by atoms with van der Waals surface area (Å²) in [4.78, 5) is 63.7. The quantitative estimate of drug-likeness (QED) is 0.188. The highest BCUT2D eigenvalue weighted by Gasteiger charge is 2.30. The molecule has 3 atom stereocenters. The number of rotatable bonds is 14. The number of para-hydroxylation sites is 1. The minimum Gasteiger partial charge on any atom is -0.481 e. The molecule has 12 heteroatoms. The fourth-order valence-corrected chi connectivity index (χ4v) is 3.76. The number of H-pyrrole nitrogens is 1. The molecule has 0 fully saturated rings. The van der Waals surface area contributed by atoms with E-state index in [0.29, 0.717) is 5.56 Å². The van der Waals surface area contributed by atoms with Crippen molar-refractivity contribution in [3.05, 3.63) is 36.0 Å². The summed E-state index contributed by atoms with van der Waals surface area (Å²) in [7, 11) is 0. The van der Waals surface area contributed by atoms with Crippen molar-refractivity contribution in [2.75, 3.05) is 6.54 Å². The zero-order chi connectivity index (χ0) is 26.8. The van der Waals surface area contributed by atoms with Gasteiger partial charge in [0.05, 0.1) is 6.54 Å². The van der Waals surface area contributed by atoms with Crippen LogP contribution >= 0.6 is 0 Å². The van der Waals surface area contributed by atoms with Gasteiger partial charge in [0.15, 0.2) is 0 Å². The van der Waals surface area contributed by atoms with Crippen LogP contribution in [0.3, 0.4) is 0 Å². The largest absolute Gasteiger partial charge is 0.481 e. The molecule has 36 heavy (non-hydrogen) atoms. The lowest BCUT2D eigenvalue weighted by molar-refractivity contribution is -0.143. The standard InChI is InChI=1S/C24H33N5O7/c1-13(2)9-18(27-20(30)11-25)22(33)29-19(10-14-12-26-16-6-4-3-5-15(14)16)23(34)28-17(24(35)36)7-8-21(31)32/h3-6,12-13,17-19,26H,7-11,25H2,1-2H3,(H,27,30)(H,28,34)(H,29,33)(H,31,32)(H,35,36). The van der Waals surface area contributed by atoms with Gasteiger partial charge in [-0.2, -0.15) is 0 Å². The summed E-state index contributed by atoms with van der Waals surface area (Å²) in [5.41, 5.74) is 6.89. The lowest BCUT2D eigenvalue weighted by Gasteiger charge is -2.25. The maximum absolute atomic E-state index is 13.2. The van der Waals surface area contributed by atoms with Crippen LogP contribution in [0.2, 0.25) is 0 Å². The Morgan fingerprint density at radius 1 is 0.944 bits per heavy atom. The molecule has 0 bridgehead atoms. The number of hydrogen-bond donors (Lipinski definition) is 7. The molecule has 196 valence electrons. The first kappa shape index (κ1) is 28.3. The summed E-state index contributed by atoms with van der Waals surface area (Å²) in [5.74, 6) is -4.51. The molecular formula is C24H33N5O7. The molecule has 1 aromatic heterocycles. The number of carbonyl (C=O) groups is 5. The summed E-state index contributed by atoms with van der Waals surface area (Å²) >= 11 is 0. The number of aromatic nitrogens is 1. The highest BCUT2D eigenvalue weighted by Crippen LogP contribution is 2.19. The van der Waals surface area contributed by atoms with Crippen molar-refractivity contribution in [2.24, 2.45) is 11.7 Å². The van der Waals surface area contributed by atoms with Crippen LogP contribution in [-0.2, 0) is 30.4 Å². The van der Waals surface area contributed by atoms with Gasteiger partial charge in [-0.15, -0.1) is 0 Å². The molecule has 3 amide bonds. The molecule has 12 nitrogen and oxygen atoms in total. The molecule has 0 spiro atoms. The van der Waals surface area contributed by atoms with E-state index in [1.54, 1.807) is 6.20 Å². The average Bonchev–Trinajstić information content (AvgIpc) is 3.22. The van der Waals surface area contributed by atoms with E-state index in [1.807, 2.05) is 38.1 Å². The van der Waals surface area contributed by atoms with E-state index < -0.39 is 54.2 Å². The summed E-state index contributed by atoms with van der Waals surface area (Å²) in [6, 6.07) is 3.73. The Morgan fingerprint density at radius 2 is 1.58 bits per heavy atom. The third-order valence-electron chi connectivity index (χ3n) is 5.54. The topological polar surface area (TPSA) is 204 Å². The van der Waals surface area contributed by atoms with E-state index >= 15 is 0 Å². The Labute approximate surface area is 208 Å². The second-order valence-electron chi connectivity index (χ2n) is 8.91. The van der Waals surface area contributed by atoms with Gasteiger partial charge in [-0.25, -0.2) is 4.79 Å². The van der Waals surface area contributed by atoms with Crippen molar-refractivity contribution in [3.8, 4) is 0 Å². The molecule has 0 saturated heterocycles. The number of aromatic amines is 1.